The molecule has 0 aliphatic carbocycles. The number of hydrogen-bond donors (Lipinski definition) is 2. The molecule has 1 aliphatic heterocycles. The summed E-state index contributed by atoms with van der Waals surface area (Å²) in [5, 5.41) is 5.66. The van der Waals surface area contributed by atoms with Gasteiger partial charge in [0, 0.05) is 38.1 Å². The van der Waals surface area contributed by atoms with Crippen LogP contribution in [-0.2, 0) is 16.1 Å². The largest absolute Gasteiger partial charge is 0.346 e. The van der Waals surface area contributed by atoms with Gasteiger partial charge < -0.3 is 16.0 Å². The van der Waals surface area contributed by atoms with Crippen molar-refractivity contribution < 1.29 is 9.59 Å². The van der Waals surface area contributed by atoms with Gasteiger partial charge in [-0.05, 0) is 6.92 Å². The molecule has 0 aromatic carbocycles. The zero-order chi connectivity index (χ0) is 15.2. The zero-order valence-corrected chi connectivity index (χ0v) is 13.0. The highest BCUT2D eigenvalue weighted by Crippen LogP contribution is 2.12. The second-order valence-electron chi connectivity index (χ2n) is 5.00. The molecule has 21 heavy (non-hydrogen) atoms. The van der Waals surface area contributed by atoms with Crippen LogP contribution in [0.3, 0.4) is 0 Å². The summed E-state index contributed by atoms with van der Waals surface area (Å²) >= 11 is 1.66. The van der Waals surface area contributed by atoms with E-state index in [1.807, 2.05) is 6.92 Å². The number of aryl methyl sites for hydroxylation is 1. The fraction of sp³-hybridized carbons (Fsp3) is 0.615. The molecule has 0 spiro atoms. The van der Waals surface area contributed by atoms with E-state index in [-0.39, 0.29) is 24.9 Å². The number of thiazole rings is 1. The minimum absolute atomic E-state index is 0.0291. The molecule has 2 amide bonds. The molecular formula is C13H21N5O2S. The average Bonchev–Trinajstić information content (AvgIpc) is 2.90. The Hall–Kier alpha value is -1.51. The van der Waals surface area contributed by atoms with E-state index in [2.05, 4.69) is 20.6 Å². The predicted octanol–water partition coefficient (Wildman–Crippen LogP) is -0.829. The lowest BCUT2D eigenvalue weighted by Crippen LogP contribution is -2.51. The third kappa shape index (κ3) is 4.76. The first-order chi connectivity index (χ1) is 10.1. The first-order valence-corrected chi connectivity index (χ1v) is 7.84. The normalized spacial score (nSPS) is 16.0. The number of carbonyl (C=O) groups is 2. The lowest BCUT2D eigenvalue weighted by atomic mass is 10.3. The minimum Gasteiger partial charge on any atom is -0.346 e. The van der Waals surface area contributed by atoms with Gasteiger partial charge in [-0.25, -0.2) is 4.98 Å². The molecule has 0 atom stereocenters. The molecule has 2 heterocycles. The van der Waals surface area contributed by atoms with E-state index in [0.717, 1.165) is 30.3 Å². The van der Waals surface area contributed by atoms with Crippen LogP contribution >= 0.6 is 11.3 Å². The summed E-state index contributed by atoms with van der Waals surface area (Å²) in [6.07, 6.45) is 0. The highest BCUT2D eigenvalue weighted by molar-refractivity contribution is 7.09. The van der Waals surface area contributed by atoms with E-state index in [0.29, 0.717) is 13.1 Å². The number of carbonyl (C=O) groups excluding carboxylic acids is 2. The third-order valence-electron chi connectivity index (χ3n) is 3.40. The standard InChI is InChI=1S/C13H21N5O2S/c1-10-16-11(9-21-10)8-17-2-4-18(5-3-17)13(20)7-15-12(19)6-14/h9H,2-8,14H2,1H3,(H,15,19). The van der Waals surface area contributed by atoms with E-state index >= 15 is 0 Å². The Balaban J connectivity index is 1.72. The second-order valence-corrected chi connectivity index (χ2v) is 6.06. The molecule has 3 N–H and O–H groups in total. The summed E-state index contributed by atoms with van der Waals surface area (Å²) in [5.41, 5.74) is 6.27. The summed E-state index contributed by atoms with van der Waals surface area (Å²) in [5.74, 6) is -0.359. The number of aromatic nitrogens is 1. The fourth-order valence-corrected chi connectivity index (χ4v) is 2.83. The first-order valence-electron chi connectivity index (χ1n) is 6.96. The van der Waals surface area contributed by atoms with Gasteiger partial charge in [0.25, 0.3) is 0 Å². The molecule has 116 valence electrons. The van der Waals surface area contributed by atoms with Crippen molar-refractivity contribution in [3.63, 3.8) is 0 Å². The molecule has 1 fully saturated rings. The molecule has 0 unspecified atom stereocenters. The van der Waals surface area contributed by atoms with Crippen LogP contribution in [0.5, 0.6) is 0 Å². The number of nitrogens with two attached hydrogens (primary N) is 1. The van der Waals surface area contributed by atoms with E-state index in [1.165, 1.54) is 0 Å². The molecule has 0 bridgehead atoms. The van der Waals surface area contributed by atoms with Crippen molar-refractivity contribution >= 4 is 23.2 Å². The van der Waals surface area contributed by atoms with E-state index in [9.17, 15) is 9.59 Å². The van der Waals surface area contributed by atoms with Crippen LogP contribution in [-0.4, -0.2) is 65.9 Å². The monoisotopic (exact) mass is 311 g/mol. The van der Waals surface area contributed by atoms with Crippen LogP contribution in [0.15, 0.2) is 5.38 Å². The van der Waals surface area contributed by atoms with Gasteiger partial charge >= 0.3 is 0 Å². The Labute approximate surface area is 128 Å². The number of amides is 2. The van der Waals surface area contributed by atoms with Gasteiger partial charge in [-0.2, -0.15) is 0 Å². The van der Waals surface area contributed by atoms with Gasteiger partial charge in [-0.1, -0.05) is 0 Å². The fourth-order valence-electron chi connectivity index (χ4n) is 2.22. The summed E-state index contributed by atoms with van der Waals surface area (Å²) in [6, 6.07) is 0. The van der Waals surface area contributed by atoms with Crippen LogP contribution in [0.2, 0.25) is 0 Å². The van der Waals surface area contributed by atoms with Crippen LogP contribution in [0.1, 0.15) is 10.7 Å². The molecule has 2 rings (SSSR count). The maximum absolute atomic E-state index is 11.9. The van der Waals surface area contributed by atoms with Gasteiger partial charge in [0.1, 0.15) is 0 Å². The number of nitrogens with one attached hydrogen (secondary N) is 1. The Kier molecular flexibility index (Phi) is 5.66. The lowest BCUT2D eigenvalue weighted by molar-refractivity contribution is -0.134. The molecule has 0 saturated carbocycles. The number of rotatable bonds is 5. The van der Waals surface area contributed by atoms with Gasteiger partial charge in [-0.15, -0.1) is 11.3 Å². The van der Waals surface area contributed by atoms with Gasteiger partial charge in [0.15, 0.2) is 0 Å². The van der Waals surface area contributed by atoms with E-state index in [4.69, 9.17) is 5.73 Å². The van der Waals surface area contributed by atoms with Gasteiger partial charge in [0.2, 0.25) is 11.8 Å². The summed E-state index contributed by atoms with van der Waals surface area (Å²) in [6.45, 7) is 5.79. The van der Waals surface area contributed by atoms with Crippen molar-refractivity contribution in [2.24, 2.45) is 5.73 Å². The second kappa shape index (κ2) is 7.48. The third-order valence-corrected chi connectivity index (χ3v) is 4.22. The van der Waals surface area contributed by atoms with Crippen molar-refractivity contribution in [1.82, 2.24) is 20.1 Å². The molecule has 1 aromatic rings. The maximum Gasteiger partial charge on any atom is 0.242 e. The molecule has 1 saturated heterocycles. The number of hydrogen-bond acceptors (Lipinski definition) is 6. The van der Waals surface area contributed by atoms with Crippen molar-refractivity contribution in [2.75, 3.05) is 39.3 Å². The highest BCUT2D eigenvalue weighted by atomic mass is 32.1. The van der Waals surface area contributed by atoms with E-state index < -0.39 is 0 Å². The smallest absolute Gasteiger partial charge is 0.242 e. The lowest BCUT2D eigenvalue weighted by Gasteiger charge is -2.34. The Bertz CT molecular complexity index is 497. The van der Waals surface area contributed by atoms with Crippen molar-refractivity contribution in [3.05, 3.63) is 16.1 Å². The van der Waals surface area contributed by atoms with Crippen molar-refractivity contribution in [3.8, 4) is 0 Å². The minimum atomic E-state index is -0.305. The maximum atomic E-state index is 11.9. The predicted molar refractivity (Wildman–Crippen MR) is 80.8 cm³/mol. The van der Waals surface area contributed by atoms with E-state index in [1.54, 1.807) is 16.2 Å². The topological polar surface area (TPSA) is 91.6 Å². The van der Waals surface area contributed by atoms with Crippen molar-refractivity contribution in [2.45, 2.75) is 13.5 Å². The van der Waals surface area contributed by atoms with Crippen LogP contribution in [0.4, 0.5) is 0 Å². The molecular weight excluding hydrogens is 290 g/mol. The summed E-state index contributed by atoms with van der Waals surface area (Å²) < 4.78 is 0. The van der Waals surface area contributed by atoms with Crippen LogP contribution < -0.4 is 11.1 Å². The SMILES string of the molecule is Cc1nc(CN2CCN(C(=O)CNC(=O)CN)CC2)cs1. The van der Waals surface area contributed by atoms with Crippen LogP contribution in [0.25, 0.3) is 0 Å². The number of piperazine rings is 1. The quantitative estimate of drug-likeness (QED) is 0.741. The Morgan fingerprint density at radius 2 is 2.10 bits per heavy atom. The average molecular weight is 311 g/mol. The molecule has 1 aliphatic rings. The zero-order valence-electron chi connectivity index (χ0n) is 12.2. The summed E-state index contributed by atoms with van der Waals surface area (Å²) in [4.78, 5) is 31.5. The molecule has 0 radical (unpaired) electrons. The van der Waals surface area contributed by atoms with Gasteiger partial charge in [0.05, 0.1) is 23.8 Å². The highest BCUT2D eigenvalue weighted by Gasteiger charge is 2.21. The molecule has 1 aromatic heterocycles. The van der Waals surface area contributed by atoms with Crippen molar-refractivity contribution in [1.29, 1.82) is 0 Å². The Morgan fingerprint density at radius 3 is 2.67 bits per heavy atom. The first kappa shape index (κ1) is 15.9. The summed E-state index contributed by atoms with van der Waals surface area (Å²) in [7, 11) is 0. The molecule has 7 nitrogen and oxygen atoms in total. The van der Waals surface area contributed by atoms with Gasteiger partial charge in [-0.3, -0.25) is 14.5 Å². The number of nitrogens with zero attached hydrogens (tertiary/aromatic N) is 3. The Morgan fingerprint density at radius 1 is 1.38 bits per heavy atom. The van der Waals surface area contributed by atoms with Crippen LogP contribution in [0, 0.1) is 6.92 Å². The molecule has 8 heteroatoms.